The fourth-order valence-corrected chi connectivity index (χ4v) is 2.31. The van der Waals surface area contributed by atoms with Crippen LogP contribution in [0.15, 0.2) is 48.2 Å². The Morgan fingerprint density at radius 3 is 2.54 bits per heavy atom. The van der Waals surface area contributed by atoms with Crippen molar-refractivity contribution in [2.75, 3.05) is 24.9 Å². The number of anilines is 2. The maximum atomic E-state index is 12.3. The van der Waals surface area contributed by atoms with Crippen LogP contribution in [0.1, 0.15) is 0 Å². The number of hydrogen-bond acceptors (Lipinski definition) is 7. The van der Waals surface area contributed by atoms with Crippen LogP contribution >= 0.6 is 11.6 Å². The first-order valence-corrected chi connectivity index (χ1v) is 8.11. The van der Waals surface area contributed by atoms with E-state index in [4.69, 9.17) is 21.1 Å². The van der Waals surface area contributed by atoms with Gasteiger partial charge in [0.1, 0.15) is 11.6 Å². The zero-order chi connectivity index (χ0) is 20.7. The summed E-state index contributed by atoms with van der Waals surface area (Å²) in [6, 6.07) is 10.3. The molecular formula is C18H15ClN4O5. The van der Waals surface area contributed by atoms with E-state index in [0.717, 1.165) is 6.07 Å². The number of non-ortho nitro benzene ring substituents is 1. The maximum Gasteiger partial charge on any atom is 0.271 e. The smallest absolute Gasteiger partial charge is 0.271 e. The lowest BCUT2D eigenvalue weighted by Crippen LogP contribution is -2.15. The van der Waals surface area contributed by atoms with E-state index in [0.29, 0.717) is 17.2 Å². The van der Waals surface area contributed by atoms with Crippen molar-refractivity contribution in [3.63, 3.8) is 0 Å². The molecule has 0 unspecified atom stereocenters. The molecule has 0 atom stereocenters. The number of amides is 1. The van der Waals surface area contributed by atoms with Gasteiger partial charge in [0.05, 0.1) is 29.9 Å². The molecule has 9 nitrogen and oxygen atoms in total. The Labute approximate surface area is 165 Å². The Kier molecular flexibility index (Phi) is 6.79. The predicted octanol–water partition coefficient (Wildman–Crippen LogP) is 3.72. The normalized spacial score (nSPS) is 10.6. The largest absolute Gasteiger partial charge is 0.493 e. The van der Waals surface area contributed by atoms with Crippen LogP contribution in [0.5, 0.6) is 11.5 Å². The zero-order valence-electron chi connectivity index (χ0n) is 14.9. The van der Waals surface area contributed by atoms with Crippen LogP contribution in [0.4, 0.5) is 17.1 Å². The molecule has 0 fully saturated rings. The number of nitrogens with zero attached hydrogens (tertiary/aromatic N) is 2. The molecule has 0 aliphatic rings. The number of nitro benzene ring substituents is 1. The van der Waals surface area contributed by atoms with Crippen LogP contribution < -0.4 is 20.1 Å². The standard InChI is InChI=1S/C18H15ClN4O5/c1-27-16-6-3-12(7-17(16)28-2)21-10-11(9-20)18(24)22-15-8-13(23(25)26)4-5-14(15)19/h3-8,10,21H,1-2H3,(H,22,24)/b11-10-. The zero-order valence-corrected chi connectivity index (χ0v) is 15.6. The van der Waals surface area contributed by atoms with Gasteiger partial charge in [-0.25, -0.2) is 0 Å². The van der Waals surface area contributed by atoms with E-state index in [1.54, 1.807) is 24.3 Å². The highest BCUT2D eigenvalue weighted by atomic mass is 35.5. The summed E-state index contributed by atoms with van der Waals surface area (Å²) in [5.74, 6) is 0.209. The molecular weight excluding hydrogens is 388 g/mol. The molecule has 2 aromatic carbocycles. The van der Waals surface area contributed by atoms with Crippen molar-refractivity contribution < 1.29 is 19.2 Å². The van der Waals surface area contributed by atoms with E-state index in [1.165, 1.54) is 32.6 Å². The molecule has 0 saturated carbocycles. The summed E-state index contributed by atoms with van der Waals surface area (Å²) in [6.07, 6.45) is 1.20. The van der Waals surface area contributed by atoms with Gasteiger partial charge in [-0.1, -0.05) is 11.6 Å². The Morgan fingerprint density at radius 2 is 1.93 bits per heavy atom. The van der Waals surface area contributed by atoms with Crippen LogP contribution in [0.25, 0.3) is 0 Å². The number of nitrogens with one attached hydrogen (secondary N) is 2. The molecule has 0 saturated heterocycles. The fraction of sp³-hybridized carbons (Fsp3) is 0.111. The third kappa shape index (κ3) is 4.90. The topological polar surface area (TPSA) is 127 Å². The second-order valence-electron chi connectivity index (χ2n) is 5.26. The average molecular weight is 403 g/mol. The summed E-state index contributed by atoms with van der Waals surface area (Å²) in [6.45, 7) is 0. The number of ether oxygens (including phenoxy) is 2. The summed E-state index contributed by atoms with van der Waals surface area (Å²) in [7, 11) is 2.98. The van der Waals surface area contributed by atoms with E-state index in [9.17, 15) is 20.2 Å². The van der Waals surface area contributed by atoms with Gasteiger partial charge in [0.15, 0.2) is 11.5 Å². The molecule has 2 N–H and O–H groups in total. The molecule has 28 heavy (non-hydrogen) atoms. The first-order valence-electron chi connectivity index (χ1n) is 7.73. The van der Waals surface area contributed by atoms with Crippen LogP contribution in [0, 0.1) is 21.4 Å². The molecule has 2 rings (SSSR count). The minimum Gasteiger partial charge on any atom is -0.493 e. The SMILES string of the molecule is COc1ccc(N/C=C(/C#N)C(=O)Nc2cc([N+](=O)[O-])ccc2Cl)cc1OC. The van der Waals surface area contributed by atoms with Crippen molar-refractivity contribution in [2.24, 2.45) is 0 Å². The second-order valence-corrected chi connectivity index (χ2v) is 5.67. The number of halogens is 1. The first-order chi connectivity index (χ1) is 13.4. The van der Waals surface area contributed by atoms with Gasteiger partial charge in [0.25, 0.3) is 11.6 Å². The van der Waals surface area contributed by atoms with Crippen LogP contribution in [-0.4, -0.2) is 25.1 Å². The minimum absolute atomic E-state index is 0.0214. The average Bonchev–Trinajstić information content (AvgIpc) is 2.69. The molecule has 0 spiro atoms. The lowest BCUT2D eigenvalue weighted by atomic mass is 10.2. The molecule has 0 radical (unpaired) electrons. The second kappa shape index (κ2) is 9.25. The van der Waals surface area contributed by atoms with E-state index in [-0.39, 0.29) is 22.0 Å². The highest BCUT2D eigenvalue weighted by molar-refractivity contribution is 6.34. The molecule has 0 aliphatic carbocycles. The van der Waals surface area contributed by atoms with Gasteiger partial charge in [-0.3, -0.25) is 14.9 Å². The van der Waals surface area contributed by atoms with Gasteiger partial charge in [0.2, 0.25) is 0 Å². The highest BCUT2D eigenvalue weighted by Crippen LogP contribution is 2.30. The van der Waals surface area contributed by atoms with Crippen LogP contribution in [0.3, 0.4) is 0 Å². The number of hydrogen-bond donors (Lipinski definition) is 2. The third-order valence-electron chi connectivity index (χ3n) is 3.54. The van der Waals surface area contributed by atoms with Crippen molar-refractivity contribution in [1.82, 2.24) is 0 Å². The van der Waals surface area contributed by atoms with Gasteiger partial charge < -0.3 is 20.1 Å². The molecule has 2 aromatic rings. The number of benzene rings is 2. The monoisotopic (exact) mass is 402 g/mol. The van der Waals surface area contributed by atoms with Crippen molar-refractivity contribution in [3.8, 4) is 17.6 Å². The molecule has 0 bridgehead atoms. The van der Waals surface area contributed by atoms with Gasteiger partial charge in [-0.2, -0.15) is 5.26 Å². The number of rotatable bonds is 7. The highest BCUT2D eigenvalue weighted by Gasteiger charge is 2.15. The third-order valence-corrected chi connectivity index (χ3v) is 3.87. The summed E-state index contributed by atoms with van der Waals surface area (Å²) in [4.78, 5) is 22.5. The molecule has 10 heteroatoms. The molecule has 0 aromatic heterocycles. The first kappa shape index (κ1) is 20.5. The van der Waals surface area contributed by atoms with Gasteiger partial charge in [-0.15, -0.1) is 0 Å². The molecule has 0 aliphatic heterocycles. The van der Waals surface area contributed by atoms with E-state index in [2.05, 4.69) is 10.6 Å². The number of nitro groups is 1. The Balaban J connectivity index is 2.19. The quantitative estimate of drug-likeness (QED) is 0.312. The molecule has 144 valence electrons. The van der Waals surface area contributed by atoms with E-state index >= 15 is 0 Å². The van der Waals surface area contributed by atoms with Crippen molar-refractivity contribution in [2.45, 2.75) is 0 Å². The fourth-order valence-electron chi connectivity index (χ4n) is 2.14. The van der Waals surface area contributed by atoms with E-state index < -0.39 is 10.8 Å². The molecule has 1 amide bonds. The van der Waals surface area contributed by atoms with Crippen LogP contribution in [0.2, 0.25) is 5.02 Å². The summed E-state index contributed by atoms with van der Waals surface area (Å²) < 4.78 is 10.3. The number of carbonyl (C=O) groups excluding carboxylic acids is 1. The number of carbonyl (C=O) groups is 1. The Bertz CT molecular complexity index is 984. The van der Waals surface area contributed by atoms with Crippen LogP contribution in [-0.2, 0) is 4.79 Å². The van der Waals surface area contributed by atoms with E-state index in [1.807, 2.05) is 0 Å². The van der Waals surface area contributed by atoms with Gasteiger partial charge in [-0.05, 0) is 18.2 Å². The van der Waals surface area contributed by atoms with Crippen molar-refractivity contribution in [3.05, 3.63) is 63.3 Å². The lowest BCUT2D eigenvalue weighted by molar-refractivity contribution is -0.384. The lowest BCUT2D eigenvalue weighted by Gasteiger charge is -2.10. The number of methoxy groups -OCH3 is 2. The van der Waals surface area contributed by atoms with Crippen molar-refractivity contribution >= 4 is 34.6 Å². The van der Waals surface area contributed by atoms with Gasteiger partial charge in [0, 0.05) is 30.1 Å². The van der Waals surface area contributed by atoms with Gasteiger partial charge >= 0.3 is 0 Å². The Morgan fingerprint density at radius 1 is 1.21 bits per heavy atom. The number of nitriles is 1. The Hall–Kier alpha value is -3.77. The minimum atomic E-state index is -0.780. The summed E-state index contributed by atoms with van der Waals surface area (Å²) >= 11 is 5.95. The van der Waals surface area contributed by atoms with Crippen molar-refractivity contribution in [1.29, 1.82) is 5.26 Å². The summed E-state index contributed by atoms with van der Waals surface area (Å²) in [5, 5.41) is 25.4. The maximum absolute atomic E-state index is 12.3. The summed E-state index contributed by atoms with van der Waals surface area (Å²) in [5.41, 5.74) is 0.0581. The molecule has 0 heterocycles. The predicted molar refractivity (Wildman–Crippen MR) is 104 cm³/mol.